The minimum atomic E-state index is -3.88. The number of aromatic nitrogens is 1. The SMILES string of the molecule is Cc1nc2ccc(NC(=O)c3cc(S(N)(=O)=O)ccc3Br)cc2s1. The maximum absolute atomic E-state index is 12.5. The molecule has 3 N–H and O–H groups in total. The molecule has 3 rings (SSSR count). The third-order valence-electron chi connectivity index (χ3n) is 3.26. The van der Waals surface area contributed by atoms with E-state index >= 15 is 0 Å². The Labute approximate surface area is 150 Å². The molecule has 1 heterocycles. The highest BCUT2D eigenvalue weighted by molar-refractivity contribution is 9.10. The minimum Gasteiger partial charge on any atom is -0.322 e. The van der Waals surface area contributed by atoms with Crippen LogP contribution >= 0.6 is 27.3 Å². The first-order valence-corrected chi connectivity index (χ1v) is 9.90. The van der Waals surface area contributed by atoms with Gasteiger partial charge in [-0.2, -0.15) is 0 Å². The smallest absolute Gasteiger partial charge is 0.256 e. The molecule has 0 spiro atoms. The van der Waals surface area contributed by atoms with E-state index in [1.54, 1.807) is 6.07 Å². The standard InChI is InChI=1S/C15H12BrN3O3S2/c1-8-18-13-5-2-9(6-14(13)23-8)19-15(20)11-7-10(24(17,21)22)3-4-12(11)16/h2-7H,1H3,(H,19,20)(H2,17,21,22). The molecule has 1 amide bonds. The van der Waals surface area contributed by atoms with Crippen molar-refractivity contribution in [2.45, 2.75) is 11.8 Å². The first-order chi connectivity index (χ1) is 11.2. The number of rotatable bonds is 3. The van der Waals surface area contributed by atoms with Crippen LogP contribution in [0.5, 0.6) is 0 Å². The van der Waals surface area contributed by atoms with Gasteiger partial charge in [0.2, 0.25) is 10.0 Å². The molecule has 0 saturated heterocycles. The van der Waals surface area contributed by atoms with Crippen LogP contribution in [-0.2, 0) is 10.0 Å². The summed E-state index contributed by atoms with van der Waals surface area (Å²) in [6, 6.07) is 9.45. The van der Waals surface area contributed by atoms with Gasteiger partial charge >= 0.3 is 0 Å². The van der Waals surface area contributed by atoms with E-state index in [4.69, 9.17) is 5.14 Å². The molecule has 0 atom stereocenters. The van der Waals surface area contributed by atoms with Crippen LogP contribution in [0.3, 0.4) is 0 Å². The summed E-state index contributed by atoms with van der Waals surface area (Å²) in [6.45, 7) is 1.92. The number of hydrogen-bond acceptors (Lipinski definition) is 5. The number of benzene rings is 2. The van der Waals surface area contributed by atoms with E-state index in [2.05, 4.69) is 26.2 Å². The van der Waals surface area contributed by atoms with Gasteiger partial charge in [-0.1, -0.05) is 0 Å². The van der Waals surface area contributed by atoms with Crippen molar-refractivity contribution in [1.82, 2.24) is 4.98 Å². The summed E-state index contributed by atoms with van der Waals surface area (Å²) in [6.07, 6.45) is 0. The summed E-state index contributed by atoms with van der Waals surface area (Å²) in [5.74, 6) is -0.437. The molecule has 0 unspecified atom stereocenters. The van der Waals surface area contributed by atoms with E-state index in [0.29, 0.717) is 10.2 Å². The van der Waals surface area contributed by atoms with Gasteiger partial charge in [0.15, 0.2) is 0 Å². The summed E-state index contributed by atoms with van der Waals surface area (Å²) >= 11 is 4.78. The van der Waals surface area contributed by atoms with Crippen LogP contribution < -0.4 is 10.5 Å². The molecule has 2 aromatic carbocycles. The number of aryl methyl sites for hydroxylation is 1. The van der Waals surface area contributed by atoms with Gasteiger partial charge in [-0.15, -0.1) is 11.3 Å². The Hall–Kier alpha value is -1.81. The third kappa shape index (κ3) is 3.48. The molecule has 3 aromatic rings. The van der Waals surface area contributed by atoms with Crippen LogP contribution in [0.15, 0.2) is 45.8 Å². The molecular formula is C15H12BrN3O3S2. The van der Waals surface area contributed by atoms with Crippen molar-refractivity contribution in [3.05, 3.63) is 51.4 Å². The highest BCUT2D eigenvalue weighted by Gasteiger charge is 2.16. The normalized spacial score (nSPS) is 11.6. The number of nitrogens with one attached hydrogen (secondary N) is 1. The molecule has 0 saturated carbocycles. The highest BCUT2D eigenvalue weighted by Crippen LogP contribution is 2.26. The van der Waals surface area contributed by atoms with Crippen molar-refractivity contribution in [3.63, 3.8) is 0 Å². The van der Waals surface area contributed by atoms with Gasteiger partial charge in [0.05, 0.1) is 25.7 Å². The average Bonchev–Trinajstić information content (AvgIpc) is 2.85. The van der Waals surface area contributed by atoms with Gasteiger partial charge < -0.3 is 5.32 Å². The lowest BCUT2D eigenvalue weighted by Crippen LogP contribution is -2.16. The minimum absolute atomic E-state index is 0.121. The van der Waals surface area contributed by atoms with Crippen molar-refractivity contribution >= 4 is 59.1 Å². The van der Waals surface area contributed by atoms with E-state index in [1.807, 2.05) is 19.1 Å². The predicted octanol–water partition coefficient (Wildman–Crippen LogP) is 3.27. The molecule has 0 bridgehead atoms. The summed E-state index contributed by atoms with van der Waals surface area (Å²) in [4.78, 5) is 16.7. The lowest BCUT2D eigenvalue weighted by atomic mass is 10.2. The van der Waals surface area contributed by atoms with Crippen molar-refractivity contribution < 1.29 is 13.2 Å². The maximum Gasteiger partial charge on any atom is 0.256 e. The molecule has 9 heteroatoms. The largest absolute Gasteiger partial charge is 0.322 e. The summed E-state index contributed by atoms with van der Waals surface area (Å²) in [5.41, 5.74) is 1.65. The average molecular weight is 426 g/mol. The Morgan fingerprint density at radius 3 is 2.71 bits per heavy atom. The third-order valence-corrected chi connectivity index (χ3v) is 5.80. The van der Waals surface area contributed by atoms with Crippen LogP contribution in [-0.4, -0.2) is 19.3 Å². The second-order valence-electron chi connectivity index (χ2n) is 5.06. The van der Waals surface area contributed by atoms with Crippen molar-refractivity contribution in [1.29, 1.82) is 0 Å². The fraction of sp³-hybridized carbons (Fsp3) is 0.0667. The lowest BCUT2D eigenvalue weighted by Gasteiger charge is -2.08. The predicted molar refractivity (Wildman–Crippen MR) is 97.8 cm³/mol. The molecule has 0 radical (unpaired) electrons. The van der Waals surface area contributed by atoms with E-state index < -0.39 is 15.9 Å². The van der Waals surface area contributed by atoms with Crippen LogP contribution in [0.1, 0.15) is 15.4 Å². The Balaban J connectivity index is 1.93. The van der Waals surface area contributed by atoms with E-state index in [1.165, 1.54) is 29.5 Å². The van der Waals surface area contributed by atoms with Gasteiger partial charge in [0, 0.05) is 10.2 Å². The number of nitrogens with zero attached hydrogens (tertiary/aromatic N) is 1. The van der Waals surface area contributed by atoms with Crippen molar-refractivity contribution in [3.8, 4) is 0 Å². The lowest BCUT2D eigenvalue weighted by molar-refractivity contribution is 0.102. The summed E-state index contributed by atoms with van der Waals surface area (Å²) < 4.78 is 24.3. The highest BCUT2D eigenvalue weighted by atomic mass is 79.9. The number of halogens is 1. The topological polar surface area (TPSA) is 102 Å². The zero-order chi connectivity index (χ0) is 17.5. The molecule has 6 nitrogen and oxygen atoms in total. The number of thiazole rings is 1. The van der Waals surface area contributed by atoms with E-state index in [0.717, 1.165) is 15.2 Å². The second kappa shape index (κ2) is 6.25. The Morgan fingerprint density at radius 2 is 2.00 bits per heavy atom. The molecule has 0 aliphatic carbocycles. The fourth-order valence-electron chi connectivity index (χ4n) is 2.17. The molecule has 1 aromatic heterocycles. The molecule has 0 aliphatic heterocycles. The Bertz CT molecular complexity index is 1060. The molecule has 0 aliphatic rings. The first-order valence-electron chi connectivity index (χ1n) is 6.75. The Morgan fingerprint density at radius 1 is 1.25 bits per heavy atom. The number of primary sulfonamides is 1. The van der Waals surface area contributed by atoms with Gasteiger partial charge in [0.1, 0.15) is 0 Å². The maximum atomic E-state index is 12.5. The molecule has 124 valence electrons. The monoisotopic (exact) mass is 425 g/mol. The number of carbonyl (C=O) groups excluding carboxylic acids is 1. The number of fused-ring (bicyclic) bond motifs is 1. The number of sulfonamides is 1. The quantitative estimate of drug-likeness (QED) is 0.671. The van der Waals surface area contributed by atoms with Gasteiger partial charge in [-0.05, 0) is 59.3 Å². The van der Waals surface area contributed by atoms with Crippen molar-refractivity contribution in [2.24, 2.45) is 5.14 Å². The number of hydrogen-bond donors (Lipinski definition) is 2. The van der Waals surface area contributed by atoms with Gasteiger partial charge in [-0.25, -0.2) is 18.5 Å². The molecular weight excluding hydrogens is 414 g/mol. The Kier molecular flexibility index (Phi) is 4.43. The number of amides is 1. The molecule has 24 heavy (non-hydrogen) atoms. The number of nitrogens with two attached hydrogens (primary N) is 1. The van der Waals surface area contributed by atoms with Gasteiger partial charge in [-0.3, -0.25) is 4.79 Å². The van der Waals surface area contributed by atoms with Crippen LogP contribution in [0.4, 0.5) is 5.69 Å². The van der Waals surface area contributed by atoms with Gasteiger partial charge in [0.25, 0.3) is 5.91 Å². The second-order valence-corrected chi connectivity index (χ2v) is 8.71. The van der Waals surface area contributed by atoms with E-state index in [9.17, 15) is 13.2 Å². The number of carbonyl (C=O) groups is 1. The van der Waals surface area contributed by atoms with Crippen LogP contribution in [0, 0.1) is 6.92 Å². The number of anilines is 1. The first kappa shape index (κ1) is 17.0. The molecule has 0 fully saturated rings. The zero-order valence-corrected chi connectivity index (χ0v) is 15.6. The van der Waals surface area contributed by atoms with Crippen molar-refractivity contribution in [2.75, 3.05) is 5.32 Å². The van der Waals surface area contributed by atoms with Crippen LogP contribution in [0.25, 0.3) is 10.2 Å². The van der Waals surface area contributed by atoms with Crippen LogP contribution in [0.2, 0.25) is 0 Å². The van der Waals surface area contributed by atoms with E-state index in [-0.39, 0.29) is 10.5 Å². The summed E-state index contributed by atoms with van der Waals surface area (Å²) in [7, 11) is -3.88. The zero-order valence-electron chi connectivity index (χ0n) is 12.4. The summed E-state index contributed by atoms with van der Waals surface area (Å²) in [5, 5.41) is 8.81. The fourth-order valence-corrected chi connectivity index (χ4v) is 4.00.